The number of rotatable bonds is 3. The third-order valence-electron chi connectivity index (χ3n) is 6.76. The SMILES string of the molecule is CC(C)(C)c1cccc(-c2cc3cc(C45CC(C(=O)O)(C4)C5)ccc3[nH]2)c1. The van der Waals surface area contributed by atoms with Crippen molar-refractivity contribution in [2.75, 3.05) is 0 Å². The molecule has 6 rings (SSSR count). The van der Waals surface area contributed by atoms with Gasteiger partial charge in [-0.15, -0.1) is 0 Å². The van der Waals surface area contributed by atoms with Crippen molar-refractivity contribution < 1.29 is 9.90 Å². The fourth-order valence-electron chi connectivity index (χ4n) is 5.09. The first-order valence-electron chi connectivity index (χ1n) is 9.69. The van der Waals surface area contributed by atoms with Crippen molar-refractivity contribution >= 4 is 16.9 Å². The molecule has 0 unspecified atom stereocenters. The molecule has 3 fully saturated rings. The van der Waals surface area contributed by atoms with Crippen LogP contribution in [0.3, 0.4) is 0 Å². The van der Waals surface area contributed by atoms with Crippen molar-refractivity contribution in [3.05, 3.63) is 59.7 Å². The van der Waals surface area contributed by atoms with Gasteiger partial charge in [-0.3, -0.25) is 4.79 Å². The van der Waals surface area contributed by atoms with Gasteiger partial charge in [0.2, 0.25) is 0 Å². The molecule has 3 heteroatoms. The van der Waals surface area contributed by atoms with Crippen LogP contribution in [0.15, 0.2) is 48.5 Å². The van der Waals surface area contributed by atoms with Crippen LogP contribution in [-0.4, -0.2) is 16.1 Å². The van der Waals surface area contributed by atoms with Gasteiger partial charge in [-0.1, -0.05) is 45.0 Å². The molecule has 3 saturated carbocycles. The summed E-state index contributed by atoms with van der Waals surface area (Å²) in [5.41, 5.74) is 5.90. The van der Waals surface area contributed by atoms with Gasteiger partial charge >= 0.3 is 5.97 Å². The minimum atomic E-state index is -0.617. The predicted molar refractivity (Wildman–Crippen MR) is 108 cm³/mol. The number of carbonyl (C=O) groups is 1. The van der Waals surface area contributed by atoms with Crippen LogP contribution in [0.4, 0.5) is 0 Å². The molecule has 3 aliphatic rings. The van der Waals surface area contributed by atoms with Crippen LogP contribution in [0.2, 0.25) is 0 Å². The first-order valence-corrected chi connectivity index (χ1v) is 9.69. The minimum absolute atomic E-state index is 0.107. The predicted octanol–water partition coefficient (Wildman–Crippen LogP) is 5.64. The third kappa shape index (κ3) is 2.30. The fourth-order valence-corrected chi connectivity index (χ4v) is 5.09. The van der Waals surface area contributed by atoms with Gasteiger partial charge in [0.15, 0.2) is 0 Å². The second-order valence-corrected chi connectivity index (χ2v) is 9.71. The molecular formula is C24H25NO2. The number of H-pyrrole nitrogens is 1. The zero-order chi connectivity index (χ0) is 19.0. The summed E-state index contributed by atoms with van der Waals surface area (Å²) in [5.74, 6) is -0.617. The van der Waals surface area contributed by atoms with E-state index in [4.69, 9.17) is 0 Å². The van der Waals surface area contributed by atoms with Crippen LogP contribution < -0.4 is 0 Å². The number of nitrogens with one attached hydrogen (secondary N) is 1. The standard InChI is InChI=1S/C24H25NO2/c1-22(2,3)17-6-4-5-15(9-17)20-11-16-10-18(7-8-19(16)25-20)23-12-24(13-23,14-23)21(26)27/h4-11,25H,12-14H2,1-3H3,(H,26,27). The zero-order valence-electron chi connectivity index (χ0n) is 16.1. The first-order chi connectivity index (χ1) is 12.7. The van der Waals surface area contributed by atoms with Gasteiger partial charge in [-0.25, -0.2) is 0 Å². The number of hydrogen-bond donors (Lipinski definition) is 2. The number of fused-ring (bicyclic) bond motifs is 1. The summed E-state index contributed by atoms with van der Waals surface area (Å²) in [6.45, 7) is 6.70. The number of hydrogen-bond acceptors (Lipinski definition) is 1. The van der Waals surface area contributed by atoms with Crippen molar-refractivity contribution in [1.29, 1.82) is 0 Å². The number of aromatic nitrogens is 1. The Hall–Kier alpha value is -2.55. The van der Waals surface area contributed by atoms with E-state index in [0.29, 0.717) is 0 Å². The van der Waals surface area contributed by atoms with Crippen LogP contribution in [0.25, 0.3) is 22.2 Å². The van der Waals surface area contributed by atoms with E-state index in [9.17, 15) is 9.90 Å². The molecule has 0 radical (unpaired) electrons. The van der Waals surface area contributed by atoms with Gasteiger partial charge in [-0.2, -0.15) is 0 Å². The summed E-state index contributed by atoms with van der Waals surface area (Å²) in [6.07, 6.45) is 2.39. The summed E-state index contributed by atoms with van der Waals surface area (Å²) in [4.78, 5) is 14.9. The molecule has 3 aliphatic carbocycles. The summed E-state index contributed by atoms with van der Waals surface area (Å²) < 4.78 is 0. The van der Waals surface area contributed by atoms with Crippen molar-refractivity contribution in [1.82, 2.24) is 4.98 Å². The van der Waals surface area contributed by atoms with Gasteiger partial charge in [0.25, 0.3) is 0 Å². The summed E-state index contributed by atoms with van der Waals surface area (Å²) in [5, 5.41) is 10.6. The Morgan fingerprint density at radius 1 is 1.04 bits per heavy atom. The normalized spacial score (nSPS) is 26.5. The quantitative estimate of drug-likeness (QED) is 0.636. The number of benzene rings is 2. The maximum Gasteiger partial charge on any atom is 0.309 e. The van der Waals surface area contributed by atoms with E-state index >= 15 is 0 Å². The minimum Gasteiger partial charge on any atom is -0.481 e. The zero-order valence-corrected chi connectivity index (χ0v) is 16.1. The van der Waals surface area contributed by atoms with Crippen molar-refractivity contribution in [3.8, 4) is 11.3 Å². The Bertz CT molecular complexity index is 1060. The van der Waals surface area contributed by atoms with Crippen LogP contribution in [-0.2, 0) is 15.6 Å². The maximum absolute atomic E-state index is 11.4. The molecule has 2 bridgehead atoms. The highest BCUT2D eigenvalue weighted by Gasteiger charge is 2.72. The Kier molecular flexibility index (Phi) is 3.10. The van der Waals surface area contributed by atoms with E-state index in [-0.39, 0.29) is 10.8 Å². The Morgan fingerprint density at radius 2 is 1.78 bits per heavy atom. The van der Waals surface area contributed by atoms with Crippen LogP contribution in [0.5, 0.6) is 0 Å². The van der Waals surface area contributed by atoms with Gasteiger partial charge in [0.05, 0.1) is 5.41 Å². The molecule has 0 spiro atoms. The fraction of sp³-hybridized carbons (Fsp3) is 0.375. The summed E-state index contributed by atoms with van der Waals surface area (Å²) in [6, 6.07) is 17.5. The molecule has 0 aliphatic heterocycles. The molecule has 0 atom stereocenters. The molecule has 3 aromatic rings. The molecule has 2 N–H and O–H groups in total. The molecule has 0 amide bonds. The summed E-state index contributed by atoms with van der Waals surface area (Å²) >= 11 is 0. The monoisotopic (exact) mass is 359 g/mol. The molecule has 1 aromatic heterocycles. The molecular weight excluding hydrogens is 334 g/mol. The van der Waals surface area contributed by atoms with Crippen molar-refractivity contribution in [2.45, 2.75) is 50.9 Å². The highest BCUT2D eigenvalue weighted by molar-refractivity contribution is 5.87. The average Bonchev–Trinajstić information content (AvgIpc) is 2.94. The van der Waals surface area contributed by atoms with E-state index in [0.717, 1.165) is 30.5 Å². The van der Waals surface area contributed by atoms with E-state index in [1.54, 1.807) is 0 Å². The maximum atomic E-state index is 11.4. The highest BCUT2D eigenvalue weighted by Crippen LogP contribution is 2.73. The molecule has 3 nitrogen and oxygen atoms in total. The van der Waals surface area contributed by atoms with Gasteiger partial charge in [0.1, 0.15) is 0 Å². The molecule has 27 heavy (non-hydrogen) atoms. The average molecular weight is 359 g/mol. The van der Waals surface area contributed by atoms with Crippen LogP contribution in [0, 0.1) is 5.41 Å². The number of carboxylic acids is 1. The summed E-state index contributed by atoms with van der Waals surface area (Å²) in [7, 11) is 0. The number of aliphatic carboxylic acids is 1. The topological polar surface area (TPSA) is 53.1 Å². The lowest BCUT2D eigenvalue weighted by molar-refractivity contribution is -0.194. The second-order valence-electron chi connectivity index (χ2n) is 9.71. The van der Waals surface area contributed by atoms with E-state index in [2.05, 4.69) is 74.3 Å². The smallest absolute Gasteiger partial charge is 0.309 e. The highest BCUT2D eigenvalue weighted by atomic mass is 16.4. The Morgan fingerprint density at radius 3 is 2.44 bits per heavy atom. The Balaban J connectivity index is 1.48. The van der Waals surface area contributed by atoms with Crippen molar-refractivity contribution in [3.63, 3.8) is 0 Å². The van der Waals surface area contributed by atoms with Gasteiger partial charge in [-0.05, 0) is 71.0 Å². The number of carboxylic acid groups (broad SMARTS) is 1. The van der Waals surface area contributed by atoms with Crippen LogP contribution in [0.1, 0.15) is 51.2 Å². The van der Waals surface area contributed by atoms with Gasteiger partial charge < -0.3 is 10.1 Å². The molecule has 1 heterocycles. The molecule has 138 valence electrons. The van der Waals surface area contributed by atoms with Gasteiger partial charge in [0, 0.05) is 16.6 Å². The largest absolute Gasteiger partial charge is 0.481 e. The van der Waals surface area contributed by atoms with E-state index < -0.39 is 11.4 Å². The number of aromatic amines is 1. The molecule has 0 saturated heterocycles. The lowest BCUT2D eigenvalue weighted by Crippen LogP contribution is -2.67. The van der Waals surface area contributed by atoms with E-state index in [1.165, 1.54) is 22.1 Å². The van der Waals surface area contributed by atoms with Crippen LogP contribution >= 0.6 is 0 Å². The first kappa shape index (κ1) is 16.6. The Labute approximate surface area is 159 Å². The third-order valence-corrected chi connectivity index (χ3v) is 6.76. The lowest BCUT2D eigenvalue weighted by atomic mass is 9.33. The van der Waals surface area contributed by atoms with E-state index in [1.807, 2.05) is 0 Å². The molecule has 2 aromatic carbocycles. The van der Waals surface area contributed by atoms with Crippen molar-refractivity contribution in [2.24, 2.45) is 5.41 Å². The second kappa shape index (κ2) is 5.03. The lowest BCUT2D eigenvalue weighted by Gasteiger charge is -2.68.